The molecule has 0 aliphatic carbocycles. The van der Waals surface area contributed by atoms with E-state index < -0.39 is 7.80 Å². The summed E-state index contributed by atoms with van der Waals surface area (Å²) < 4.78 is 10.8. The Morgan fingerprint density at radius 1 is 1.67 bits per heavy atom. The molecule has 1 atom stereocenters. The van der Waals surface area contributed by atoms with Crippen LogP contribution in [0.4, 0.5) is 0 Å². The van der Waals surface area contributed by atoms with Gasteiger partial charge in [-0.3, -0.25) is 0 Å². The standard InChI is InChI=1S/C7H14OP/c1-4-9(8)6-5-7(2)3/h2,4-6H2,1,3H3/q+1. The van der Waals surface area contributed by atoms with E-state index in [1.807, 2.05) is 13.8 Å². The highest BCUT2D eigenvalue weighted by Gasteiger charge is 2.08. The summed E-state index contributed by atoms with van der Waals surface area (Å²) >= 11 is 0. The van der Waals surface area contributed by atoms with E-state index in [0.717, 1.165) is 24.3 Å². The minimum absolute atomic E-state index is 0.808. The average Bonchev–Trinajstić information content (AvgIpc) is 1.83. The highest BCUT2D eigenvalue weighted by Crippen LogP contribution is 2.21. The van der Waals surface area contributed by atoms with Crippen LogP contribution in [0, 0.1) is 0 Å². The van der Waals surface area contributed by atoms with Gasteiger partial charge in [0.15, 0.2) is 0 Å². The molecule has 0 aliphatic rings. The second-order valence-electron chi connectivity index (χ2n) is 2.23. The predicted octanol–water partition coefficient (Wildman–Crippen LogP) is 2.80. The molecule has 0 aromatic heterocycles. The van der Waals surface area contributed by atoms with Crippen LogP contribution in [0.25, 0.3) is 0 Å². The molecule has 1 nitrogen and oxygen atoms in total. The van der Waals surface area contributed by atoms with E-state index in [0.29, 0.717) is 0 Å². The van der Waals surface area contributed by atoms with Gasteiger partial charge in [0.2, 0.25) is 0 Å². The second-order valence-corrected chi connectivity index (χ2v) is 4.27. The van der Waals surface area contributed by atoms with Crippen molar-refractivity contribution in [3.05, 3.63) is 12.2 Å². The van der Waals surface area contributed by atoms with E-state index in [-0.39, 0.29) is 0 Å². The Balaban J connectivity index is 3.28. The van der Waals surface area contributed by atoms with Gasteiger partial charge in [-0.25, -0.2) is 0 Å². The van der Waals surface area contributed by atoms with Gasteiger partial charge in [-0.1, -0.05) is 16.7 Å². The van der Waals surface area contributed by atoms with Crippen molar-refractivity contribution in [2.24, 2.45) is 0 Å². The first kappa shape index (κ1) is 8.84. The molecule has 0 fully saturated rings. The average molecular weight is 145 g/mol. The third-order valence-corrected chi connectivity index (χ3v) is 2.57. The van der Waals surface area contributed by atoms with Crippen LogP contribution < -0.4 is 0 Å². The van der Waals surface area contributed by atoms with E-state index in [4.69, 9.17) is 0 Å². The highest BCUT2D eigenvalue weighted by atomic mass is 31.1. The van der Waals surface area contributed by atoms with E-state index in [1.54, 1.807) is 0 Å². The zero-order valence-electron chi connectivity index (χ0n) is 6.18. The van der Waals surface area contributed by atoms with E-state index in [1.165, 1.54) is 0 Å². The molecule has 0 aromatic carbocycles. The molecule has 0 radical (unpaired) electrons. The number of hydrogen-bond donors (Lipinski definition) is 0. The van der Waals surface area contributed by atoms with E-state index >= 15 is 0 Å². The maximum absolute atomic E-state index is 10.8. The number of allylic oxidation sites excluding steroid dienone is 1. The van der Waals surface area contributed by atoms with Gasteiger partial charge in [-0.2, -0.15) is 0 Å². The summed E-state index contributed by atoms with van der Waals surface area (Å²) in [6, 6.07) is 0. The van der Waals surface area contributed by atoms with Crippen molar-refractivity contribution in [2.45, 2.75) is 20.3 Å². The van der Waals surface area contributed by atoms with Crippen molar-refractivity contribution >= 4 is 7.80 Å². The van der Waals surface area contributed by atoms with Gasteiger partial charge >= 0.3 is 7.80 Å². The molecule has 52 valence electrons. The predicted molar refractivity (Wildman–Crippen MR) is 42.4 cm³/mol. The van der Waals surface area contributed by atoms with Gasteiger partial charge in [0.1, 0.15) is 12.3 Å². The Kier molecular flexibility index (Phi) is 4.61. The van der Waals surface area contributed by atoms with Crippen LogP contribution in [0.5, 0.6) is 0 Å². The summed E-state index contributed by atoms with van der Waals surface area (Å²) in [5, 5.41) is 0. The number of rotatable bonds is 4. The fourth-order valence-corrected chi connectivity index (χ4v) is 1.42. The fraction of sp³-hybridized carbons (Fsp3) is 0.714. The van der Waals surface area contributed by atoms with Crippen LogP contribution >= 0.6 is 7.80 Å². The van der Waals surface area contributed by atoms with Crippen molar-refractivity contribution in [3.63, 3.8) is 0 Å². The molecule has 0 rings (SSSR count). The molecule has 2 heteroatoms. The third-order valence-electron chi connectivity index (χ3n) is 1.14. The zero-order valence-corrected chi connectivity index (χ0v) is 7.08. The molecule has 0 heterocycles. The van der Waals surface area contributed by atoms with Gasteiger partial charge in [0.25, 0.3) is 0 Å². The molecule has 0 bridgehead atoms. The van der Waals surface area contributed by atoms with Crippen LogP contribution in [0.15, 0.2) is 12.2 Å². The lowest BCUT2D eigenvalue weighted by Crippen LogP contribution is -1.80. The lowest BCUT2D eigenvalue weighted by Gasteiger charge is -1.86. The summed E-state index contributed by atoms with van der Waals surface area (Å²) in [5.41, 5.74) is 1.13. The molecule has 0 saturated heterocycles. The van der Waals surface area contributed by atoms with Gasteiger partial charge in [0.05, 0.1) is 0 Å². The second kappa shape index (κ2) is 4.69. The maximum Gasteiger partial charge on any atom is 0.338 e. The Morgan fingerprint density at radius 2 is 2.22 bits per heavy atom. The van der Waals surface area contributed by atoms with Crippen LogP contribution in [-0.2, 0) is 4.57 Å². The van der Waals surface area contributed by atoms with Gasteiger partial charge < -0.3 is 0 Å². The quantitative estimate of drug-likeness (QED) is 0.439. The van der Waals surface area contributed by atoms with Crippen molar-refractivity contribution < 1.29 is 4.57 Å². The van der Waals surface area contributed by atoms with Gasteiger partial charge in [0, 0.05) is 6.42 Å². The summed E-state index contributed by atoms with van der Waals surface area (Å²) in [7, 11) is -0.922. The smallest absolute Gasteiger partial charge is 0.1000 e. The van der Waals surface area contributed by atoms with Crippen LogP contribution in [-0.4, -0.2) is 12.3 Å². The molecule has 9 heavy (non-hydrogen) atoms. The lowest BCUT2D eigenvalue weighted by molar-refractivity contribution is 0.588. The van der Waals surface area contributed by atoms with Crippen molar-refractivity contribution in [1.82, 2.24) is 0 Å². The Labute approximate surface area is 57.9 Å². The molecule has 0 aliphatic heterocycles. The maximum atomic E-state index is 10.8. The van der Waals surface area contributed by atoms with Crippen LogP contribution in [0.2, 0.25) is 0 Å². The minimum Gasteiger partial charge on any atom is -0.1000 e. The highest BCUT2D eigenvalue weighted by molar-refractivity contribution is 7.44. The first-order chi connectivity index (χ1) is 4.16. The van der Waals surface area contributed by atoms with Crippen molar-refractivity contribution in [3.8, 4) is 0 Å². The van der Waals surface area contributed by atoms with Gasteiger partial charge in [-0.15, -0.1) is 0 Å². The Bertz CT molecular complexity index is 118. The summed E-state index contributed by atoms with van der Waals surface area (Å²) in [6.45, 7) is 7.66. The van der Waals surface area contributed by atoms with Crippen molar-refractivity contribution in [1.29, 1.82) is 0 Å². The molecular formula is C7H14OP+. The summed E-state index contributed by atoms with van der Waals surface area (Å²) in [6.07, 6.45) is 2.55. The molecule has 1 unspecified atom stereocenters. The first-order valence-corrected chi connectivity index (χ1v) is 4.86. The molecule has 0 N–H and O–H groups in total. The molecular weight excluding hydrogens is 131 g/mol. The topological polar surface area (TPSA) is 17.1 Å². The monoisotopic (exact) mass is 145 g/mol. The Morgan fingerprint density at radius 3 is 2.56 bits per heavy atom. The molecule has 0 amide bonds. The SMILES string of the molecule is C=C(C)CC[P+](=O)CC. The zero-order chi connectivity index (χ0) is 7.28. The van der Waals surface area contributed by atoms with E-state index in [2.05, 4.69) is 6.58 Å². The van der Waals surface area contributed by atoms with Gasteiger partial charge in [-0.05, 0) is 13.8 Å². The largest absolute Gasteiger partial charge is 0.338 e. The lowest BCUT2D eigenvalue weighted by atomic mass is 10.3. The first-order valence-electron chi connectivity index (χ1n) is 3.23. The fourth-order valence-electron chi connectivity index (χ4n) is 0.474. The normalized spacial score (nSPS) is 11.1. The Hall–Kier alpha value is -0.160. The summed E-state index contributed by atoms with van der Waals surface area (Å²) in [5.74, 6) is 0. The molecule has 0 saturated carbocycles. The summed E-state index contributed by atoms with van der Waals surface area (Å²) in [4.78, 5) is 0. The third kappa shape index (κ3) is 5.72. The minimum atomic E-state index is -0.922. The van der Waals surface area contributed by atoms with E-state index in [9.17, 15) is 4.57 Å². The van der Waals surface area contributed by atoms with Crippen LogP contribution in [0.3, 0.4) is 0 Å². The van der Waals surface area contributed by atoms with Crippen molar-refractivity contribution in [2.75, 3.05) is 12.3 Å². The number of hydrogen-bond acceptors (Lipinski definition) is 1. The molecule has 0 spiro atoms. The molecule has 0 aromatic rings. The van der Waals surface area contributed by atoms with Crippen LogP contribution in [0.1, 0.15) is 20.3 Å².